The van der Waals surface area contributed by atoms with Crippen LogP contribution in [-0.2, 0) is 5.41 Å². The van der Waals surface area contributed by atoms with Crippen molar-refractivity contribution in [2.75, 3.05) is 4.90 Å². The van der Waals surface area contributed by atoms with Crippen molar-refractivity contribution >= 4 is 22.6 Å². The number of rotatable bonds is 6. The lowest BCUT2D eigenvalue weighted by Crippen LogP contribution is -2.35. The summed E-state index contributed by atoms with van der Waals surface area (Å²) < 4.78 is 7.00. The molecule has 1 heterocycles. The van der Waals surface area contributed by atoms with E-state index in [9.17, 15) is 0 Å². The Morgan fingerprint density at radius 2 is 1.12 bits per heavy atom. The first-order valence-corrected chi connectivity index (χ1v) is 21.3. The van der Waals surface area contributed by atoms with Gasteiger partial charge in [0.1, 0.15) is 11.9 Å². The molecule has 1 unspecified atom stereocenters. The number of hydrogen-bond acceptors (Lipinski definition) is 2. The molecular formula is C57H49NO. The predicted octanol–water partition coefficient (Wildman–Crippen LogP) is 14.9. The van der Waals surface area contributed by atoms with Gasteiger partial charge in [-0.25, -0.2) is 0 Å². The fourth-order valence-electron chi connectivity index (χ4n) is 10.9. The average Bonchev–Trinajstić information content (AvgIpc) is 3.80. The molecule has 288 valence electrons. The van der Waals surface area contributed by atoms with Crippen LogP contribution in [0, 0.1) is 10.8 Å². The number of allylic oxidation sites excluding steroid dienone is 2. The second-order valence-corrected chi connectivity index (χ2v) is 18.2. The van der Waals surface area contributed by atoms with Crippen LogP contribution >= 0.6 is 0 Å². The van der Waals surface area contributed by atoms with Crippen LogP contribution in [0.2, 0.25) is 0 Å². The van der Waals surface area contributed by atoms with Crippen LogP contribution in [0.15, 0.2) is 193 Å². The van der Waals surface area contributed by atoms with E-state index in [0.29, 0.717) is 0 Å². The minimum Gasteiger partial charge on any atom is -0.485 e. The van der Waals surface area contributed by atoms with E-state index in [1.54, 1.807) is 5.57 Å². The van der Waals surface area contributed by atoms with E-state index in [2.05, 4.69) is 215 Å². The van der Waals surface area contributed by atoms with Crippen molar-refractivity contribution in [3.8, 4) is 28.0 Å². The molecule has 0 bridgehead atoms. The lowest BCUT2D eigenvalue weighted by atomic mass is 9.60. The van der Waals surface area contributed by atoms with Crippen molar-refractivity contribution in [3.63, 3.8) is 0 Å². The zero-order valence-electron chi connectivity index (χ0n) is 34.4. The van der Waals surface area contributed by atoms with Gasteiger partial charge in [0.2, 0.25) is 0 Å². The van der Waals surface area contributed by atoms with Crippen LogP contribution in [0.1, 0.15) is 74.8 Å². The summed E-state index contributed by atoms with van der Waals surface area (Å²) in [6.45, 7) is 9.74. The molecule has 2 nitrogen and oxygen atoms in total. The van der Waals surface area contributed by atoms with Gasteiger partial charge in [-0.2, -0.15) is 0 Å². The first-order valence-electron chi connectivity index (χ1n) is 21.3. The van der Waals surface area contributed by atoms with Gasteiger partial charge in [0.15, 0.2) is 0 Å². The van der Waals surface area contributed by atoms with Gasteiger partial charge in [0.05, 0.1) is 11.1 Å². The number of fused-ring (bicyclic) bond motifs is 6. The van der Waals surface area contributed by atoms with Gasteiger partial charge in [0, 0.05) is 28.9 Å². The maximum atomic E-state index is 7.00. The molecule has 7 aromatic carbocycles. The third-order valence-corrected chi connectivity index (χ3v) is 14.0. The molecule has 7 aromatic rings. The third kappa shape index (κ3) is 5.46. The van der Waals surface area contributed by atoms with Gasteiger partial charge >= 0.3 is 0 Å². The van der Waals surface area contributed by atoms with Gasteiger partial charge in [-0.15, -0.1) is 0 Å². The second-order valence-electron chi connectivity index (χ2n) is 18.2. The largest absolute Gasteiger partial charge is 0.485 e. The van der Waals surface area contributed by atoms with Crippen molar-refractivity contribution < 1.29 is 4.74 Å². The van der Waals surface area contributed by atoms with Crippen molar-refractivity contribution in [2.45, 2.75) is 58.5 Å². The molecule has 0 saturated carbocycles. The summed E-state index contributed by atoms with van der Waals surface area (Å²) >= 11 is 0. The highest BCUT2D eigenvalue weighted by atomic mass is 16.5. The van der Waals surface area contributed by atoms with E-state index < -0.39 is 5.41 Å². The molecule has 0 saturated heterocycles. The van der Waals surface area contributed by atoms with E-state index in [4.69, 9.17) is 4.74 Å². The van der Waals surface area contributed by atoms with Crippen molar-refractivity contribution in [1.82, 2.24) is 0 Å². The highest BCUT2D eigenvalue weighted by Crippen LogP contribution is 2.60. The highest BCUT2D eigenvalue weighted by Gasteiger charge is 2.48. The molecule has 4 aliphatic rings. The molecule has 1 aliphatic heterocycles. The van der Waals surface area contributed by atoms with E-state index in [1.165, 1.54) is 74.1 Å². The maximum Gasteiger partial charge on any atom is 0.130 e. The second kappa shape index (κ2) is 13.3. The maximum absolute atomic E-state index is 7.00. The van der Waals surface area contributed by atoms with Crippen LogP contribution in [0.5, 0.6) is 5.75 Å². The van der Waals surface area contributed by atoms with Crippen LogP contribution in [-0.4, -0.2) is 6.10 Å². The highest BCUT2D eigenvalue weighted by molar-refractivity contribution is 5.95. The molecule has 1 atom stereocenters. The van der Waals surface area contributed by atoms with Gasteiger partial charge in [-0.3, -0.25) is 0 Å². The van der Waals surface area contributed by atoms with E-state index in [1.807, 2.05) is 0 Å². The summed E-state index contributed by atoms with van der Waals surface area (Å²) in [5.74, 6) is 0.969. The smallest absolute Gasteiger partial charge is 0.130 e. The molecule has 0 fully saturated rings. The van der Waals surface area contributed by atoms with Gasteiger partial charge in [-0.1, -0.05) is 179 Å². The van der Waals surface area contributed by atoms with Gasteiger partial charge in [0.25, 0.3) is 0 Å². The molecule has 11 rings (SSSR count). The van der Waals surface area contributed by atoms with Crippen molar-refractivity contribution in [2.24, 2.45) is 10.8 Å². The topological polar surface area (TPSA) is 12.5 Å². The van der Waals surface area contributed by atoms with Crippen molar-refractivity contribution in [1.29, 1.82) is 0 Å². The summed E-state index contributed by atoms with van der Waals surface area (Å²) in [4.78, 5) is 2.49. The molecule has 3 aliphatic carbocycles. The monoisotopic (exact) mass is 763 g/mol. The molecule has 0 amide bonds. The lowest BCUT2D eigenvalue weighted by Gasteiger charge is -2.45. The molecule has 59 heavy (non-hydrogen) atoms. The van der Waals surface area contributed by atoms with Crippen molar-refractivity contribution in [3.05, 3.63) is 221 Å². The Balaban J connectivity index is 1.16. The minimum absolute atomic E-state index is 0.00119. The first-order chi connectivity index (χ1) is 28.7. The normalized spacial score (nSPS) is 18.7. The Morgan fingerprint density at radius 1 is 0.525 bits per heavy atom. The van der Waals surface area contributed by atoms with Crippen LogP contribution in [0.3, 0.4) is 0 Å². The Labute approximate surface area is 349 Å². The quantitative estimate of drug-likeness (QED) is 0.167. The van der Waals surface area contributed by atoms with Crippen LogP contribution < -0.4 is 9.64 Å². The Bertz CT molecular complexity index is 2770. The molecular weight excluding hydrogens is 715 g/mol. The number of anilines is 3. The molecule has 0 spiro atoms. The Morgan fingerprint density at radius 3 is 1.83 bits per heavy atom. The fraction of sp³-hybridized carbons (Fsp3) is 0.193. The lowest BCUT2D eigenvalue weighted by molar-refractivity contribution is 0.220. The fourth-order valence-corrected chi connectivity index (χ4v) is 10.9. The zero-order chi connectivity index (χ0) is 39.9. The number of nitrogens with zero attached hydrogens (tertiary/aromatic N) is 1. The Hall–Kier alpha value is -6.38. The number of benzene rings is 7. The third-order valence-electron chi connectivity index (χ3n) is 14.0. The van der Waals surface area contributed by atoms with E-state index >= 15 is 0 Å². The van der Waals surface area contributed by atoms with Gasteiger partial charge in [-0.05, 0) is 110 Å². The predicted molar refractivity (Wildman–Crippen MR) is 245 cm³/mol. The van der Waals surface area contributed by atoms with E-state index in [0.717, 1.165) is 29.2 Å². The standard InChI is InChI=1S/C57H49NO/c1-55(2)33-34-56(3,4)50-37-53-46(36-49(50)55)54-51(25-16-26-52(54)59-53)58(42-29-27-39(28-30-42)38-17-8-5-9-18-38)43-31-32-45-44-23-14-15-24-47(44)57(48(45)35-43,40-19-10-6-11-20-40)41-21-12-7-13-22-41/h5-32,35-36,53H,33-34,37H2,1-4H3. The van der Waals surface area contributed by atoms with Gasteiger partial charge < -0.3 is 9.64 Å². The average molecular weight is 764 g/mol. The molecule has 0 radical (unpaired) electrons. The zero-order valence-corrected chi connectivity index (χ0v) is 34.4. The summed E-state index contributed by atoms with van der Waals surface area (Å²) in [5, 5.41) is 0. The number of hydrogen-bond donors (Lipinski definition) is 0. The summed E-state index contributed by atoms with van der Waals surface area (Å²) in [6.07, 6.45) is 5.86. The first kappa shape index (κ1) is 35.8. The molecule has 0 aromatic heterocycles. The summed E-state index contributed by atoms with van der Waals surface area (Å²) in [7, 11) is 0. The van der Waals surface area contributed by atoms with Crippen LogP contribution in [0.4, 0.5) is 17.1 Å². The number of ether oxygens (including phenoxy) is 1. The van der Waals surface area contributed by atoms with E-state index in [-0.39, 0.29) is 16.9 Å². The molecule has 2 heteroatoms. The Kier molecular flexibility index (Phi) is 8.08. The minimum atomic E-state index is -0.506. The molecule has 0 N–H and O–H groups in total. The summed E-state index contributed by atoms with van der Waals surface area (Å²) in [5.41, 5.74) is 18.8. The SMILES string of the molecule is CC1(C)CCC(C)(C)C2=C1C=C1c3c(cccc3N(c3ccc(-c4ccccc4)cc3)c3ccc4c(c3)C(c3ccccc3)(c3ccccc3)c3ccccc3-4)OC1C2. The summed E-state index contributed by atoms with van der Waals surface area (Å²) in [6, 6.07) is 64.9. The van der Waals surface area contributed by atoms with Crippen LogP contribution in [0.25, 0.3) is 27.8 Å².